The molecule has 2 aromatic carbocycles. The van der Waals surface area contributed by atoms with Crippen molar-refractivity contribution >= 4 is 23.4 Å². The Balaban J connectivity index is 2.19. The maximum absolute atomic E-state index is 12.0. The lowest BCUT2D eigenvalue weighted by Gasteiger charge is -2.18. The first-order valence-electron chi connectivity index (χ1n) is 9.09. The van der Waals surface area contributed by atoms with Crippen molar-refractivity contribution in [3.8, 4) is 6.07 Å². The number of carboxylic acid groups (broad SMARTS) is 1. The van der Waals surface area contributed by atoms with E-state index >= 15 is 0 Å². The van der Waals surface area contributed by atoms with Gasteiger partial charge in [0.15, 0.2) is 6.04 Å². The standard InChI is InChI=1S/C21H24N4O3/c1-3-4-9-23-21(28)25-18-11-14(2)10-16(12-18)19(20(26)27)24-17-7-5-15(13-22)6-8-17/h5-8,10-12,19,24H,3-4,9H2,1-2H3,(H,26,27)(H2,23,25,28). The van der Waals surface area contributed by atoms with E-state index < -0.39 is 12.0 Å². The quantitative estimate of drug-likeness (QED) is 0.516. The summed E-state index contributed by atoms with van der Waals surface area (Å²) in [6, 6.07) is 12.4. The number of urea groups is 1. The third kappa shape index (κ3) is 6.02. The smallest absolute Gasteiger partial charge is 0.330 e. The summed E-state index contributed by atoms with van der Waals surface area (Å²) in [7, 11) is 0. The Bertz CT molecular complexity index is 872. The predicted molar refractivity (Wildman–Crippen MR) is 108 cm³/mol. The second-order valence-electron chi connectivity index (χ2n) is 6.47. The van der Waals surface area contributed by atoms with Crippen LogP contribution in [-0.2, 0) is 4.79 Å². The number of aryl methyl sites for hydroxylation is 1. The molecule has 0 aliphatic carbocycles. The summed E-state index contributed by atoms with van der Waals surface area (Å²) in [5.74, 6) is -1.05. The van der Waals surface area contributed by atoms with Crippen LogP contribution in [0.1, 0.15) is 42.5 Å². The van der Waals surface area contributed by atoms with Crippen LogP contribution in [0.15, 0.2) is 42.5 Å². The molecule has 2 rings (SSSR count). The van der Waals surface area contributed by atoms with Crippen molar-refractivity contribution in [3.05, 3.63) is 59.2 Å². The predicted octanol–water partition coefficient (Wildman–Crippen LogP) is 4.03. The number of nitrogens with one attached hydrogen (secondary N) is 3. The Labute approximate surface area is 164 Å². The van der Waals surface area contributed by atoms with Gasteiger partial charge in [-0.1, -0.05) is 19.4 Å². The lowest BCUT2D eigenvalue weighted by atomic mass is 10.0. The van der Waals surface area contributed by atoms with Gasteiger partial charge in [0.05, 0.1) is 11.6 Å². The van der Waals surface area contributed by atoms with Crippen LogP contribution in [0, 0.1) is 18.3 Å². The summed E-state index contributed by atoms with van der Waals surface area (Å²) in [6.07, 6.45) is 1.87. The highest BCUT2D eigenvalue weighted by Crippen LogP contribution is 2.24. The van der Waals surface area contributed by atoms with Crippen LogP contribution in [-0.4, -0.2) is 23.7 Å². The molecule has 0 radical (unpaired) electrons. The van der Waals surface area contributed by atoms with Crippen molar-refractivity contribution in [1.82, 2.24) is 5.32 Å². The van der Waals surface area contributed by atoms with E-state index in [2.05, 4.69) is 16.0 Å². The number of benzene rings is 2. The number of hydrogen-bond donors (Lipinski definition) is 4. The van der Waals surface area contributed by atoms with E-state index in [9.17, 15) is 14.7 Å². The number of unbranched alkanes of at least 4 members (excludes halogenated alkanes) is 1. The summed E-state index contributed by atoms with van der Waals surface area (Å²) in [5.41, 5.74) is 2.94. The minimum atomic E-state index is -1.05. The lowest BCUT2D eigenvalue weighted by Crippen LogP contribution is -2.29. The minimum absolute atomic E-state index is 0.322. The average Bonchev–Trinajstić information content (AvgIpc) is 2.66. The van der Waals surface area contributed by atoms with Crippen molar-refractivity contribution in [2.24, 2.45) is 0 Å². The maximum atomic E-state index is 12.0. The van der Waals surface area contributed by atoms with Crippen LogP contribution in [0.2, 0.25) is 0 Å². The molecule has 7 heteroatoms. The first-order valence-corrected chi connectivity index (χ1v) is 9.09. The third-order valence-electron chi connectivity index (χ3n) is 4.08. The van der Waals surface area contributed by atoms with E-state index in [-0.39, 0.29) is 6.03 Å². The molecular weight excluding hydrogens is 356 g/mol. The van der Waals surface area contributed by atoms with Gasteiger partial charge >= 0.3 is 12.0 Å². The number of nitriles is 1. The van der Waals surface area contributed by atoms with Gasteiger partial charge in [-0.3, -0.25) is 0 Å². The molecule has 0 fully saturated rings. The van der Waals surface area contributed by atoms with Crippen LogP contribution < -0.4 is 16.0 Å². The third-order valence-corrected chi connectivity index (χ3v) is 4.08. The summed E-state index contributed by atoms with van der Waals surface area (Å²) in [6.45, 7) is 4.46. The van der Waals surface area contributed by atoms with Gasteiger partial charge in [0, 0.05) is 17.9 Å². The van der Waals surface area contributed by atoms with Gasteiger partial charge < -0.3 is 21.1 Å². The van der Waals surface area contributed by atoms with E-state index in [4.69, 9.17) is 5.26 Å². The zero-order valence-electron chi connectivity index (χ0n) is 16.0. The molecule has 4 N–H and O–H groups in total. The number of carbonyl (C=O) groups is 2. The summed E-state index contributed by atoms with van der Waals surface area (Å²) >= 11 is 0. The largest absolute Gasteiger partial charge is 0.479 e. The molecule has 0 saturated carbocycles. The molecule has 1 atom stereocenters. The van der Waals surface area contributed by atoms with Gasteiger partial charge in [-0.15, -0.1) is 0 Å². The van der Waals surface area contributed by atoms with Crippen molar-refractivity contribution in [2.45, 2.75) is 32.7 Å². The molecule has 0 heterocycles. The van der Waals surface area contributed by atoms with Crippen molar-refractivity contribution in [2.75, 3.05) is 17.2 Å². The fourth-order valence-corrected chi connectivity index (χ4v) is 2.70. The maximum Gasteiger partial charge on any atom is 0.330 e. The van der Waals surface area contributed by atoms with Gasteiger partial charge in [-0.25, -0.2) is 9.59 Å². The number of amides is 2. The SMILES string of the molecule is CCCCNC(=O)Nc1cc(C)cc(C(Nc2ccc(C#N)cc2)C(=O)O)c1. The van der Waals surface area contributed by atoms with Gasteiger partial charge in [0.25, 0.3) is 0 Å². The van der Waals surface area contributed by atoms with Gasteiger partial charge in [-0.05, 0) is 60.9 Å². The summed E-state index contributed by atoms with van der Waals surface area (Å²) in [5, 5.41) is 27.0. The van der Waals surface area contributed by atoms with Gasteiger partial charge in [0.2, 0.25) is 0 Å². The number of aliphatic carboxylic acids is 1. The molecule has 7 nitrogen and oxygen atoms in total. The number of hydrogen-bond acceptors (Lipinski definition) is 4. The normalized spacial score (nSPS) is 11.2. The van der Waals surface area contributed by atoms with Crippen LogP contribution in [0.3, 0.4) is 0 Å². The Morgan fingerprint density at radius 1 is 1.14 bits per heavy atom. The highest BCUT2D eigenvalue weighted by molar-refractivity contribution is 5.90. The number of anilines is 2. The Kier molecular flexibility index (Phi) is 7.40. The molecule has 0 bridgehead atoms. The first kappa shape index (κ1) is 20.8. The van der Waals surface area contributed by atoms with E-state index in [1.165, 1.54) is 0 Å². The minimum Gasteiger partial charge on any atom is -0.479 e. The molecule has 0 aliphatic rings. The molecular formula is C21H24N4O3. The summed E-state index contributed by atoms with van der Waals surface area (Å²) < 4.78 is 0. The highest BCUT2D eigenvalue weighted by Gasteiger charge is 2.21. The van der Waals surface area contributed by atoms with E-state index in [1.54, 1.807) is 42.5 Å². The monoisotopic (exact) mass is 380 g/mol. The zero-order valence-corrected chi connectivity index (χ0v) is 16.0. The molecule has 28 heavy (non-hydrogen) atoms. The van der Waals surface area contributed by atoms with Crippen LogP contribution in [0.5, 0.6) is 0 Å². The molecule has 1 unspecified atom stereocenters. The van der Waals surface area contributed by atoms with Gasteiger partial charge in [0.1, 0.15) is 0 Å². The van der Waals surface area contributed by atoms with E-state index in [1.807, 2.05) is 19.9 Å². The molecule has 0 spiro atoms. The van der Waals surface area contributed by atoms with Crippen molar-refractivity contribution < 1.29 is 14.7 Å². The first-order chi connectivity index (χ1) is 13.4. The van der Waals surface area contributed by atoms with E-state index in [0.29, 0.717) is 29.0 Å². The molecule has 0 saturated heterocycles. The second-order valence-corrected chi connectivity index (χ2v) is 6.47. The molecule has 0 aromatic heterocycles. The second kappa shape index (κ2) is 9.97. The molecule has 146 valence electrons. The van der Waals surface area contributed by atoms with Crippen molar-refractivity contribution in [1.29, 1.82) is 5.26 Å². The van der Waals surface area contributed by atoms with Crippen LogP contribution in [0.25, 0.3) is 0 Å². The molecule has 0 aliphatic heterocycles. The Hall–Kier alpha value is -3.53. The fourth-order valence-electron chi connectivity index (χ4n) is 2.70. The average molecular weight is 380 g/mol. The van der Waals surface area contributed by atoms with Crippen molar-refractivity contribution in [3.63, 3.8) is 0 Å². The lowest BCUT2D eigenvalue weighted by molar-refractivity contribution is -0.138. The Morgan fingerprint density at radius 2 is 1.86 bits per heavy atom. The fraction of sp³-hybridized carbons (Fsp3) is 0.286. The van der Waals surface area contributed by atoms with E-state index in [0.717, 1.165) is 18.4 Å². The Morgan fingerprint density at radius 3 is 2.46 bits per heavy atom. The number of rotatable bonds is 8. The number of nitrogens with zero attached hydrogens (tertiary/aromatic N) is 1. The van der Waals surface area contributed by atoms with Crippen LogP contribution >= 0.6 is 0 Å². The van der Waals surface area contributed by atoms with Crippen LogP contribution in [0.4, 0.5) is 16.2 Å². The highest BCUT2D eigenvalue weighted by atomic mass is 16.4. The van der Waals surface area contributed by atoms with Gasteiger partial charge in [-0.2, -0.15) is 5.26 Å². The molecule has 2 aromatic rings. The topological polar surface area (TPSA) is 114 Å². The zero-order chi connectivity index (χ0) is 20.5. The summed E-state index contributed by atoms with van der Waals surface area (Å²) in [4.78, 5) is 23.8. The number of carbonyl (C=O) groups excluding carboxylic acids is 1. The molecule has 2 amide bonds. The number of carboxylic acids is 1.